The molecule has 14 heavy (non-hydrogen) atoms. The topological polar surface area (TPSA) is 47.9 Å². The molecule has 4 nitrogen and oxygen atoms in total. The first-order valence-electron chi connectivity index (χ1n) is 3.92. The fourth-order valence-electron chi connectivity index (χ4n) is 0.701. The third kappa shape index (κ3) is 4.04. The van der Waals surface area contributed by atoms with Gasteiger partial charge >= 0.3 is 6.72 Å². The van der Waals surface area contributed by atoms with E-state index in [0.717, 1.165) is 5.56 Å². The van der Waals surface area contributed by atoms with E-state index in [2.05, 4.69) is 9.56 Å². The van der Waals surface area contributed by atoms with Crippen LogP contribution < -0.4 is 4.52 Å². The van der Waals surface area contributed by atoms with E-state index in [1.807, 2.05) is 12.3 Å². The molecule has 0 spiro atoms. The first kappa shape index (κ1) is 12.1. The van der Waals surface area contributed by atoms with E-state index in [9.17, 15) is 4.89 Å². The molecular formula is C7H11O4PS2. The SMILES string of the molecule is CCOOP(O)(=S)Oc1cc(C)cs1. The minimum Gasteiger partial charge on any atom is -0.412 e. The second-order valence-corrected chi connectivity index (χ2v) is 6.01. The first-order valence-corrected chi connectivity index (χ1v) is 7.39. The average molecular weight is 254 g/mol. The zero-order valence-electron chi connectivity index (χ0n) is 7.80. The van der Waals surface area contributed by atoms with E-state index in [-0.39, 0.29) is 0 Å². The molecule has 1 unspecified atom stereocenters. The number of hydrogen-bond acceptors (Lipinski definition) is 5. The molecule has 0 aliphatic heterocycles. The number of hydrogen-bond donors (Lipinski definition) is 1. The second-order valence-electron chi connectivity index (χ2n) is 2.48. The first-order chi connectivity index (χ1) is 6.53. The van der Waals surface area contributed by atoms with Crippen LogP contribution in [0.3, 0.4) is 0 Å². The van der Waals surface area contributed by atoms with E-state index >= 15 is 0 Å². The zero-order valence-corrected chi connectivity index (χ0v) is 10.3. The number of rotatable bonds is 5. The Morgan fingerprint density at radius 2 is 2.36 bits per heavy atom. The van der Waals surface area contributed by atoms with Crippen LogP contribution in [0.4, 0.5) is 0 Å². The quantitative estimate of drug-likeness (QED) is 0.497. The molecule has 0 aliphatic carbocycles. The standard InChI is InChI=1S/C7H11O4PS2/c1-3-9-11-12(8,13)10-7-4-6(2)5-14-7/h4-5H,3H2,1-2H3,(H,8,13). The third-order valence-electron chi connectivity index (χ3n) is 1.18. The molecule has 1 atom stereocenters. The van der Waals surface area contributed by atoms with Gasteiger partial charge in [-0.3, -0.25) is 0 Å². The van der Waals surface area contributed by atoms with Crippen LogP contribution in [-0.4, -0.2) is 11.5 Å². The summed E-state index contributed by atoms with van der Waals surface area (Å²) in [5, 5.41) is 2.43. The molecule has 0 fully saturated rings. The van der Waals surface area contributed by atoms with Crippen LogP contribution >= 0.6 is 18.1 Å². The normalized spacial score (nSPS) is 15.1. The lowest BCUT2D eigenvalue weighted by atomic mass is 10.4. The maximum absolute atomic E-state index is 9.47. The fraction of sp³-hybridized carbons (Fsp3) is 0.429. The molecule has 7 heteroatoms. The van der Waals surface area contributed by atoms with Gasteiger partial charge in [0.05, 0.1) is 6.61 Å². The Morgan fingerprint density at radius 1 is 1.64 bits per heavy atom. The van der Waals surface area contributed by atoms with Crippen LogP contribution in [-0.2, 0) is 21.4 Å². The van der Waals surface area contributed by atoms with Crippen molar-refractivity contribution in [3.8, 4) is 5.06 Å². The highest BCUT2D eigenvalue weighted by Crippen LogP contribution is 2.46. The van der Waals surface area contributed by atoms with Crippen molar-refractivity contribution in [1.29, 1.82) is 0 Å². The predicted molar refractivity (Wildman–Crippen MR) is 58.9 cm³/mol. The van der Waals surface area contributed by atoms with E-state index in [1.54, 1.807) is 13.0 Å². The summed E-state index contributed by atoms with van der Waals surface area (Å²) >= 11 is 6.06. The fourth-order valence-corrected chi connectivity index (χ4v) is 2.86. The average Bonchev–Trinajstić information content (AvgIpc) is 2.47. The molecule has 0 radical (unpaired) electrons. The van der Waals surface area contributed by atoms with Gasteiger partial charge in [0.15, 0.2) is 5.06 Å². The van der Waals surface area contributed by atoms with Gasteiger partial charge in [-0.05, 0) is 30.9 Å². The molecule has 1 rings (SSSR count). The maximum Gasteiger partial charge on any atom is 0.406 e. The molecule has 1 aromatic heterocycles. The van der Waals surface area contributed by atoms with Crippen LogP contribution in [0.1, 0.15) is 12.5 Å². The molecule has 0 aliphatic rings. The van der Waals surface area contributed by atoms with Gasteiger partial charge in [-0.2, -0.15) is 0 Å². The van der Waals surface area contributed by atoms with E-state index < -0.39 is 6.72 Å². The van der Waals surface area contributed by atoms with Crippen molar-refractivity contribution in [2.75, 3.05) is 6.61 Å². The smallest absolute Gasteiger partial charge is 0.406 e. The summed E-state index contributed by atoms with van der Waals surface area (Å²) in [5.74, 6) is 0. The van der Waals surface area contributed by atoms with Crippen LogP contribution in [0.2, 0.25) is 0 Å². The molecule has 1 aromatic rings. The molecule has 0 bridgehead atoms. The Kier molecular flexibility index (Phi) is 4.50. The number of thiophene rings is 1. The third-order valence-corrected chi connectivity index (χ3v) is 3.35. The van der Waals surface area contributed by atoms with Crippen molar-refractivity contribution >= 4 is 29.9 Å². The van der Waals surface area contributed by atoms with Crippen molar-refractivity contribution in [3.63, 3.8) is 0 Å². The summed E-state index contributed by atoms with van der Waals surface area (Å²) < 4.78 is 9.64. The second kappa shape index (κ2) is 5.21. The summed E-state index contributed by atoms with van der Waals surface area (Å²) in [6.45, 7) is 0.666. The molecule has 0 saturated heterocycles. The Labute approximate surface area is 91.6 Å². The summed E-state index contributed by atoms with van der Waals surface area (Å²) in [6.07, 6.45) is 0. The van der Waals surface area contributed by atoms with Crippen LogP contribution in [0.5, 0.6) is 5.06 Å². The lowest BCUT2D eigenvalue weighted by Crippen LogP contribution is -1.97. The lowest BCUT2D eigenvalue weighted by Gasteiger charge is -2.12. The molecular weight excluding hydrogens is 243 g/mol. The van der Waals surface area contributed by atoms with E-state index in [1.165, 1.54) is 11.3 Å². The van der Waals surface area contributed by atoms with Gasteiger partial charge in [0.2, 0.25) is 0 Å². The predicted octanol–water partition coefficient (Wildman–Crippen LogP) is 2.62. The summed E-state index contributed by atoms with van der Waals surface area (Å²) in [5.41, 5.74) is 1.05. The summed E-state index contributed by atoms with van der Waals surface area (Å²) in [7, 11) is 0. The van der Waals surface area contributed by atoms with Crippen molar-refractivity contribution < 1.29 is 19.0 Å². The van der Waals surface area contributed by atoms with Gasteiger partial charge in [0, 0.05) is 11.8 Å². The van der Waals surface area contributed by atoms with Gasteiger partial charge in [-0.25, -0.2) is 4.89 Å². The van der Waals surface area contributed by atoms with Gasteiger partial charge in [-0.15, -0.1) is 16.0 Å². The van der Waals surface area contributed by atoms with Crippen molar-refractivity contribution in [1.82, 2.24) is 0 Å². The Morgan fingerprint density at radius 3 is 2.86 bits per heavy atom. The maximum atomic E-state index is 9.47. The summed E-state index contributed by atoms with van der Waals surface area (Å²) in [6, 6.07) is 1.78. The van der Waals surface area contributed by atoms with Gasteiger partial charge in [-0.1, -0.05) is 0 Å². The van der Waals surface area contributed by atoms with Gasteiger partial charge < -0.3 is 9.42 Å². The Balaban J connectivity index is 2.54. The van der Waals surface area contributed by atoms with Crippen molar-refractivity contribution in [2.24, 2.45) is 0 Å². The molecule has 0 saturated carbocycles. The van der Waals surface area contributed by atoms with Crippen LogP contribution in [0.25, 0.3) is 0 Å². The van der Waals surface area contributed by atoms with E-state index in [4.69, 9.17) is 16.3 Å². The van der Waals surface area contributed by atoms with Crippen molar-refractivity contribution in [3.05, 3.63) is 17.0 Å². The number of aryl methyl sites for hydroxylation is 1. The van der Waals surface area contributed by atoms with Gasteiger partial charge in [0.25, 0.3) is 0 Å². The molecule has 80 valence electrons. The Bertz CT molecular complexity index is 338. The molecule has 0 aromatic carbocycles. The Hall–Kier alpha value is 0.0300. The molecule has 1 N–H and O–H groups in total. The van der Waals surface area contributed by atoms with Crippen molar-refractivity contribution in [2.45, 2.75) is 13.8 Å². The van der Waals surface area contributed by atoms with E-state index in [0.29, 0.717) is 11.7 Å². The molecule has 0 amide bonds. The lowest BCUT2D eigenvalue weighted by molar-refractivity contribution is -0.208. The van der Waals surface area contributed by atoms with Crippen LogP contribution in [0, 0.1) is 6.92 Å². The highest BCUT2D eigenvalue weighted by atomic mass is 32.5. The zero-order chi connectivity index (χ0) is 10.6. The van der Waals surface area contributed by atoms with Crippen LogP contribution in [0.15, 0.2) is 11.4 Å². The monoisotopic (exact) mass is 254 g/mol. The summed E-state index contributed by atoms with van der Waals surface area (Å²) in [4.78, 5) is 14.0. The van der Waals surface area contributed by atoms with Gasteiger partial charge in [0.1, 0.15) is 0 Å². The largest absolute Gasteiger partial charge is 0.412 e. The highest BCUT2D eigenvalue weighted by molar-refractivity contribution is 8.07. The minimum absolute atomic E-state index is 0.311. The minimum atomic E-state index is -3.30. The highest BCUT2D eigenvalue weighted by Gasteiger charge is 2.18. The molecule has 1 heterocycles.